The summed E-state index contributed by atoms with van der Waals surface area (Å²) in [5, 5.41) is 5.72. The van der Waals surface area contributed by atoms with Gasteiger partial charge in [0.2, 0.25) is 17.7 Å². The largest absolute Gasteiger partial charge is 0.326 e. The molecule has 7 heteroatoms. The van der Waals surface area contributed by atoms with Crippen LogP contribution in [0.1, 0.15) is 26.7 Å². The maximum absolute atomic E-state index is 12.7. The first-order valence-electron chi connectivity index (χ1n) is 10.0. The van der Waals surface area contributed by atoms with Crippen LogP contribution in [0.4, 0.5) is 17.1 Å². The lowest BCUT2D eigenvalue weighted by molar-refractivity contribution is -0.122. The number of benzene rings is 2. The number of thioether (sulfide) groups is 1. The Bertz CT molecular complexity index is 910. The van der Waals surface area contributed by atoms with Gasteiger partial charge in [-0.15, -0.1) is 11.8 Å². The van der Waals surface area contributed by atoms with Crippen molar-refractivity contribution in [1.29, 1.82) is 0 Å². The summed E-state index contributed by atoms with van der Waals surface area (Å²) in [4.78, 5) is 39.7. The van der Waals surface area contributed by atoms with E-state index in [2.05, 4.69) is 10.6 Å². The summed E-state index contributed by atoms with van der Waals surface area (Å²) in [7, 11) is 0. The highest BCUT2D eigenvalue weighted by atomic mass is 32.2. The molecule has 1 saturated heterocycles. The van der Waals surface area contributed by atoms with Gasteiger partial charge in [-0.25, -0.2) is 0 Å². The van der Waals surface area contributed by atoms with Crippen LogP contribution in [0.5, 0.6) is 0 Å². The van der Waals surface area contributed by atoms with Crippen LogP contribution in [0.2, 0.25) is 0 Å². The van der Waals surface area contributed by atoms with Gasteiger partial charge < -0.3 is 15.5 Å². The third kappa shape index (κ3) is 5.63. The minimum atomic E-state index is -0.400. The highest BCUT2D eigenvalue weighted by Crippen LogP contribution is 2.28. The van der Waals surface area contributed by atoms with E-state index in [1.165, 1.54) is 0 Å². The van der Waals surface area contributed by atoms with E-state index in [0.29, 0.717) is 30.3 Å². The van der Waals surface area contributed by atoms with Gasteiger partial charge in [0, 0.05) is 41.3 Å². The molecule has 2 aromatic carbocycles. The summed E-state index contributed by atoms with van der Waals surface area (Å²) in [6.07, 6.45) is 2.66. The van der Waals surface area contributed by atoms with Crippen LogP contribution in [-0.4, -0.2) is 30.5 Å². The number of nitrogens with one attached hydrogen (secondary N) is 2. The molecule has 3 rings (SSSR count). The molecule has 0 radical (unpaired) electrons. The molecule has 3 amide bonds. The van der Waals surface area contributed by atoms with E-state index in [0.717, 1.165) is 10.6 Å². The van der Waals surface area contributed by atoms with Crippen molar-refractivity contribution < 1.29 is 14.4 Å². The molecule has 0 aromatic heterocycles. The van der Waals surface area contributed by atoms with Crippen molar-refractivity contribution in [3.05, 3.63) is 48.5 Å². The molecule has 30 heavy (non-hydrogen) atoms. The highest BCUT2D eigenvalue weighted by molar-refractivity contribution is 7.98. The monoisotopic (exact) mass is 425 g/mol. The number of carbonyl (C=O) groups excluding carboxylic acids is 3. The molecule has 1 aliphatic heterocycles. The van der Waals surface area contributed by atoms with E-state index < -0.39 is 5.92 Å². The van der Waals surface area contributed by atoms with Crippen LogP contribution in [0, 0.1) is 11.8 Å². The SMILES string of the molecule is CSc1ccc(N2C[C@@H](C(=O)Nc3ccc(NC(=O)CC(C)C)cc3)CC2=O)cc1. The Morgan fingerprint density at radius 1 is 1.03 bits per heavy atom. The van der Waals surface area contributed by atoms with Crippen molar-refractivity contribution in [2.45, 2.75) is 31.6 Å². The zero-order valence-corrected chi connectivity index (χ0v) is 18.3. The second kappa shape index (κ2) is 9.80. The van der Waals surface area contributed by atoms with Gasteiger partial charge >= 0.3 is 0 Å². The summed E-state index contributed by atoms with van der Waals surface area (Å²) >= 11 is 1.64. The van der Waals surface area contributed by atoms with E-state index in [-0.39, 0.29) is 24.1 Å². The van der Waals surface area contributed by atoms with Crippen molar-refractivity contribution in [2.75, 3.05) is 28.3 Å². The number of hydrogen-bond acceptors (Lipinski definition) is 4. The Labute approximate surface area is 181 Å². The first-order chi connectivity index (χ1) is 14.4. The number of carbonyl (C=O) groups is 3. The fourth-order valence-electron chi connectivity index (χ4n) is 3.36. The number of anilines is 3. The van der Waals surface area contributed by atoms with Crippen molar-refractivity contribution in [1.82, 2.24) is 0 Å². The molecular weight excluding hydrogens is 398 g/mol. The Morgan fingerprint density at radius 2 is 1.63 bits per heavy atom. The number of nitrogens with zero attached hydrogens (tertiary/aromatic N) is 1. The third-order valence-electron chi connectivity index (χ3n) is 4.91. The minimum absolute atomic E-state index is 0.0306. The first-order valence-corrected chi connectivity index (χ1v) is 11.2. The summed E-state index contributed by atoms with van der Waals surface area (Å²) in [6, 6.07) is 14.8. The molecule has 2 aromatic rings. The lowest BCUT2D eigenvalue weighted by atomic mass is 10.1. The fourth-order valence-corrected chi connectivity index (χ4v) is 3.77. The zero-order valence-electron chi connectivity index (χ0n) is 17.5. The van der Waals surface area contributed by atoms with E-state index in [9.17, 15) is 14.4 Å². The fraction of sp³-hybridized carbons (Fsp3) is 0.348. The predicted octanol–water partition coefficient (Wildman–Crippen LogP) is 4.38. The topological polar surface area (TPSA) is 78.5 Å². The molecule has 0 bridgehead atoms. The lowest BCUT2D eigenvalue weighted by Crippen LogP contribution is -2.28. The number of rotatable bonds is 7. The van der Waals surface area contributed by atoms with Crippen LogP contribution >= 0.6 is 11.8 Å². The molecule has 1 atom stereocenters. The predicted molar refractivity (Wildman–Crippen MR) is 122 cm³/mol. The van der Waals surface area contributed by atoms with Crippen molar-refractivity contribution in [3.8, 4) is 0 Å². The quantitative estimate of drug-likeness (QED) is 0.645. The molecule has 0 aliphatic carbocycles. The normalized spacial score (nSPS) is 16.1. The molecule has 1 aliphatic rings. The Kier molecular flexibility index (Phi) is 7.15. The van der Waals surface area contributed by atoms with Gasteiger partial charge in [-0.05, 0) is 60.7 Å². The van der Waals surface area contributed by atoms with Gasteiger partial charge in [0.1, 0.15) is 0 Å². The zero-order chi connectivity index (χ0) is 21.7. The van der Waals surface area contributed by atoms with Crippen LogP contribution in [-0.2, 0) is 14.4 Å². The van der Waals surface area contributed by atoms with Gasteiger partial charge in [-0.3, -0.25) is 14.4 Å². The summed E-state index contributed by atoms with van der Waals surface area (Å²) in [5.74, 6) is -0.362. The van der Waals surface area contributed by atoms with E-state index in [1.54, 1.807) is 40.9 Å². The Balaban J connectivity index is 1.57. The van der Waals surface area contributed by atoms with Gasteiger partial charge in [-0.1, -0.05) is 13.8 Å². The maximum Gasteiger partial charge on any atom is 0.229 e. The van der Waals surface area contributed by atoms with Gasteiger partial charge in [0.15, 0.2) is 0 Å². The number of amides is 3. The first kappa shape index (κ1) is 21.9. The summed E-state index contributed by atoms with van der Waals surface area (Å²) in [6.45, 7) is 4.35. The van der Waals surface area contributed by atoms with Crippen LogP contribution in [0.25, 0.3) is 0 Å². The average Bonchev–Trinajstić information content (AvgIpc) is 3.11. The van der Waals surface area contributed by atoms with E-state index in [4.69, 9.17) is 0 Å². The maximum atomic E-state index is 12.7. The lowest BCUT2D eigenvalue weighted by Gasteiger charge is -2.17. The van der Waals surface area contributed by atoms with Crippen LogP contribution in [0.3, 0.4) is 0 Å². The van der Waals surface area contributed by atoms with Crippen LogP contribution in [0.15, 0.2) is 53.4 Å². The second-order valence-corrected chi connectivity index (χ2v) is 8.70. The Morgan fingerprint density at radius 3 is 2.20 bits per heavy atom. The van der Waals surface area contributed by atoms with Crippen molar-refractivity contribution in [2.24, 2.45) is 11.8 Å². The minimum Gasteiger partial charge on any atom is -0.326 e. The second-order valence-electron chi connectivity index (χ2n) is 7.82. The summed E-state index contributed by atoms with van der Waals surface area (Å²) in [5.41, 5.74) is 2.14. The molecule has 2 N–H and O–H groups in total. The standard InChI is InChI=1S/C23H27N3O3S/c1-15(2)12-21(27)24-17-4-6-18(7-5-17)25-23(29)16-13-22(28)26(14-16)19-8-10-20(30-3)11-9-19/h4-11,15-16H,12-14H2,1-3H3,(H,24,27)(H,25,29)/t16-/m0/s1. The molecule has 158 valence electrons. The number of hydrogen-bond donors (Lipinski definition) is 2. The molecule has 1 fully saturated rings. The van der Waals surface area contributed by atoms with E-state index in [1.807, 2.05) is 44.4 Å². The smallest absolute Gasteiger partial charge is 0.229 e. The van der Waals surface area contributed by atoms with Crippen LogP contribution < -0.4 is 15.5 Å². The van der Waals surface area contributed by atoms with Gasteiger partial charge in [0.25, 0.3) is 0 Å². The molecule has 0 unspecified atom stereocenters. The average molecular weight is 426 g/mol. The molecule has 0 spiro atoms. The Hall–Kier alpha value is -2.80. The highest BCUT2D eigenvalue weighted by Gasteiger charge is 2.35. The van der Waals surface area contributed by atoms with Crippen molar-refractivity contribution in [3.63, 3.8) is 0 Å². The van der Waals surface area contributed by atoms with Gasteiger partial charge in [0.05, 0.1) is 5.92 Å². The third-order valence-corrected chi connectivity index (χ3v) is 5.65. The molecule has 1 heterocycles. The molecule has 0 saturated carbocycles. The van der Waals surface area contributed by atoms with Gasteiger partial charge in [-0.2, -0.15) is 0 Å². The van der Waals surface area contributed by atoms with E-state index >= 15 is 0 Å². The summed E-state index contributed by atoms with van der Waals surface area (Å²) < 4.78 is 0. The van der Waals surface area contributed by atoms with Crippen molar-refractivity contribution >= 4 is 46.5 Å². The molecular formula is C23H27N3O3S. The molecule has 6 nitrogen and oxygen atoms in total.